The van der Waals surface area contributed by atoms with E-state index in [4.69, 9.17) is 33.3 Å². The number of fused-ring (bicyclic) bond motifs is 2. The number of rotatable bonds is 2. The molecule has 3 heterocycles. The summed E-state index contributed by atoms with van der Waals surface area (Å²) in [6.45, 7) is 0.376. The summed E-state index contributed by atoms with van der Waals surface area (Å²) in [5, 5.41) is 5.22. The smallest absolute Gasteiger partial charge is 0.218 e. The Morgan fingerprint density at radius 2 is 2.17 bits per heavy atom. The highest BCUT2D eigenvalue weighted by atomic mass is 35.5. The molecule has 2 fully saturated rings. The molecule has 4 rings (SSSR count). The fourth-order valence-corrected chi connectivity index (χ4v) is 3.50. The van der Waals surface area contributed by atoms with Crippen LogP contribution in [0.2, 0.25) is 5.02 Å². The van der Waals surface area contributed by atoms with Crippen LogP contribution in [0.3, 0.4) is 0 Å². The molecular weight excluding hydrogens is 338 g/mol. The normalized spacial score (nSPS) is 26.7. The van der Waals surface area contributed by atoms with Crippen LogP contribution in [0.25, 0.3) is 11.4 Å². The average Bonchev–Trinajstić information content (AvgIpc) is 3.09. The first kappa shape index (κ1) is 15.0. The highest BCUT2D eigenvalue weighted by Crippen LogP contribution is 2.34. The van der Waals surface area contributed by atoms with Crippen LogP contribution in [-0.4, -0.2) is 39.1 Å². The molecular formula is C15H14ClN3O3S. The third-order valence-electron chi connectivity index (χ3n) is 4.24. The molecule has 3 atom stereocenters. The lowest BCUT2D eigenvalue weighted by Gasteiger charge is -2.26. The summed E-state index contributed by atoms with van der Waals surface area (Å²) >= 11 is 11.8. The summed E-state index contributed by atoms with van der Waals surface area (Å²) in [7, 11) is 1.84. The van der Waals surface area contributed by atoms with Crippen LogP contribution in [0.4, 0.5) is 0 Å². The fourth-order valence-electron chi connectivity index (χ4n) is 3.02. The van der Waals surface area contributed by atoms with E-state index in [1.54, 1.807) is 9.25 Å². The number of benzene rings is 1. The van der Waals surface area contributed by atoms with Gasteiger partial charge in [0.15, 0.2) is 16.4 Å². The molecule has 0 N–H and O–H groups in total. The van der Waals surface area contributed by atoms with Crippen LogP contribution in [-0.2, 0) is 21.3 Å². The number of ketones is 1. The molecule has 2 aromatic rings. The van der Waals surface area contributed by atoms with E-state index in [-0.39, 0.29) is 17.9 Å². The average molecular weight is 352 g/mol. The molecule has 6 nitrogen and oxygen atoms in total. The minimum Gasteiger partial charge on any atom is -0.343 e. The topological polar surface area (TPSA) is 58.3 Å². The summed E-state index contributed by atoms with van der Waals surface area (Å²) in [5.41, 5.74) is 0.796. The predicted molar refractivity (Wildman–Crippen MR) is 85.8 cm³/mol. The van der Waals surface area contributed by atoms with Gasteiger partial charge in [0.25, 0.3) is 0 Å². The van der Waals surface area contributed by atoms with E-state index in [2.05, 4.69) is 5.10 Å². The third-order valence-corrected chi connectivity index (χ3v) is 5.04. The number of ether oxygens (including phenoxy) is 2. The molecule has 3 unspecified atom stereocenters. The van der Waals surface area contributed by atoms with Crippen molar-refractivity contribution in [1.82, 2.24) is 14.3 Å². The maximum absolute atomic E-state index is 12.0. The fraction of sp³-hybridized carbons (Fsp3) is 0.400. The van der Waals surface area contributed by atoms with Crippen LogP contribution in [0, 0.1) is 4.77 Å². The van der Waals surface area contributed by atoms with Gasteiger partial charge in [-0.1, -0.05) is 23.7 Å². The first-order valence-corrected chi connectivity index (χ1v) is 8.05. The van der Waals surface area contributed by atoms with Gasteiger partial charge in [0, 0.05) is 19.0 Å². The number of halogens is 1. The van der Waals surface area contributed by atoms with Gasteiger partial charge in [-0.2, -0.15) is 5.10 Å². The number of aromatic nitrogens is 3. The van der Waals surface area contributed by atoms with Gasteiger partial charge in [0.05, 0.1) is 17.7 Å². The van der Waals surface area contributed by atoms with E-state index in [0.717, 1.165) is 5.56 Å². The molecule has 0 spiro atoms. The number of carbonyl (C=O) groups excluding carboxylic acids is 1. The zero-order chi connectivity index (χ0) is 16.1. The largest absolute Gasteiger partial charge is 0.343 e. The first-order chi connectivity index (χ1) is 11.1. The number of hydrogen-bond acceptors (Lipinski definition) is 5. The quantitative estimate of drug-likeness (QED) is 0.778. The van der Waals surface area contributed by atoms with E-state index < -0.39 is 6.29 Å². The van der Waals surface area contributed by atoms with Gasteiger partial charge in [0.1, 0.15) is 6.10 Å². The monoisotopic (exact) mass is 351 g/mol. The second kappa shape index (κ2) is 5.52. The van der Waals surface area contributed by atoms with Crippen molar-refractivity contribution in [3.05, 3.63) is 34.1 Å². The molecule has 2 bridgehead atoms. The summed E-state index contributed by atoms with van der Waals surface area (Å²) in [4.78, 5) is 12.0. The molecule has 0 radical (unpaired) electrons. The van der Waals surface area contributed by atoms with Gasteiger partial charge in [-0.3, -0.25) is 4.79 Å². The van der Waals surface area contributed by atoms with Crippen molar-refractivity contribution >= 4 is 29.6 Å². The maximum Gasteiger partial charge on any atom is 0.218 e. The number of carbonyl (C=O) groups is 1. The lowest BCUT2D eigenvalue weighted by Crippen LogP contribution is -2.37. The molecule has 23 heavy (non-hydrogen) atoms. The Kier molecular flexibility index (Phi) is 3.60. The highest BCUT2D eigenvalue weighted by Gasteiger charge is 2.45. The van der Waals surface area contributed by atoms with Crippen LogP contribution in [0.15, 0.2) is 24.3 Å². The Hall–Kier alpha value is -1.54. The molecule has 0 saturated carbocycles. The van der Waals surface area contributed by atoms with Crippen molar-refractivity contribution in [3.63, 3.8) is 0 Å². The molecule has 1 aromatic heterocycles. The van der Waals surface area contributed by atoms with E-state index in [0.29, 0.717) is 28.6 Å². The van der Waals surface area contributed by atoms with Gasteiger partial charge in [0.2, 0.25) is 6.29 Å². The molecule has 2 saturated heterocycles. The zero-order valence-electron chi connectivity index (χ0n) is 12.3. The molecule has 2 aliphatic heterocycles. The SMILES string of the molecule is Cn1c(-c2ccccc2Cl)nn(C2CC(=O)C3OCC2O3)c1=S. The lowest BCUT2D eigenvalue weighted by atomic mass is 10.0. The van der Waals surface area contributed by atoms with Crippen molar-refractivity contribution in [3.8, 4) is 11.4 Å². The Morgan fingerprint density at radius 1 is 1.39 bits per heavy atom. The van der Waals surface area contributed by atoms with Gasteiger partial charge in [-0.05, 0) is 24.4 Å². The summed E-state index contributed by atoms with van der Waals surface area (Å²) in [5.74, 6) is 0.588. The van der Waals surface area contributed by atoms with Crippen LogP contribution in [0.5, 0.6) is 0 Å². The first-order valence-electron chi connectivity index (χ1n) is 7.26. The number of hydrogen-bond donors (Lipinski definition) is 0. The molecule has 1 aromatic carbocycles. The van der Waals surface area contributed by atoms with Crippen molar-refractivity contribution in [1.29, 1.82) is 0 Å². The Balaban J connectivity index is 1.79. The van der Waals surface area contributed by atoms with Gasteiger partial charge < -0.3 is 14.0 Å². The second-order valence-corrected chi connectivity index (χ2v) is 6.44. The molecule has 0 amide bonds. The maximum atomic E-state index is 12.0. The van der Waals surface area contributed by atoms with Crippen molar-refractivity contribution in [2.24, 2.45) is 7.05 Å². The predicted octanol–water partition coefficient (Wildman–Crippen LogP) is 2.53. The van der Waals surface area contributed by atoms with Crippen LogP contribution in [0.1, 0.15) is 12.5 Å². The molecule has 8 heteroatoms. The van der Waals surface area contributed by atoms with E-state index in [9.17, 15) is 4.79 Å². The van der Waals surface area contributed by atoms with Crippen molar-refractivity contribution in [2.45, 2.75) is 24.9 Å². The summed E-state index contributed by atoms with van der Waals surface area (Å²) in [6.07, 6.45) is -0.627. The van der Waals surface area contributed by atoms with Crippen molar-refractivity contribution < 1.29 is 14.3 Å². The molecule has 0 aliphatic carbocycles. The van der Waals surface area contributed by atoms with E-state index >= 15 is 0 Å². The number of nitrogens with zero attached hydrogens (tertiary/aromatic N) is 3. The summed E-state index contributed by atoms with van der Waals surface area (Å²) < 4.78 is 14.9. The highest BCUT2D eigenvalue weighted by molar-refractivity contribution is 7.71. The van der Waals surface area contributed by atoms with Crippen LogP contribution < -0.4 is 0 Å². The lowest BCUT2D eigenvalue weighted by molar-refractivity contribution is -0.156. The van der Waals surface area contributed by atoms with E-state index in [1.807, 2.05) is 31.3 Å². The Labute approximate surface area is 142 Å². The summed E-state index contributed by atoms with van der Waals surface area (Å²) in [6, 6.07) is 7.20. The Bertz CT molecular complexity index is 847. The van der Waals surface area contributed by atoms with Gasteiger partial charge >= 0.3 is 0 Å². The Morgan fingerprint density at radius 3 is 2.96 bits per heavy atom. The molecule has 2 aliphatic rings. The molecule has 120 valence electrons. The minimum absolute atomic E-state index is 0.0735. The zero-order valence-corrected chi connectivity index (χ0v) is 13.9. The third kappa shape index (κ3) is 2.35. The standard InChI is InChI=1S/C15H14ClN3O3S/c1-18-13(8-4-2-3-5-9(8)16)17-19(15(18)23)10-6-11(20)14-21-7-12(10)22-14/h2-5,10,12,14H,6-7H2,1H3. The minimum atomic E-state index is -0.725. The van der Waals surface area contributed by atoms with Gasteiger partial charge in [-0.25, -0.2) is 4.68 Å². The number of Topliss-reactive ketones (excluding diaryl/α,β-unsaturated/α-hetero) is 1. The van der Waals surface area contributed by atoms with E-state index in [1.165, 1.54) is 0 Å². The van der Waals surface area contributed by atoms with Gasteiger partial charge in [-0.15, -0.1) is 0 Å². The van der Waals surface area contributed by atoms with Crippen molar-refractivity contribution in [2.75, 3.05) is 6.61 Å². The second-order valence-electron chi connectivity index (χ2n) is 5.67. The van der Waals surface area contributed by atoms with Crippen LogP contribution >= 0.6 is 23.8 Å².